The highest BCUT2D eigenvalue weighted by atomic mass is 32.2. The summed E-state index contributed by atoms with van der Waals surface area (Å²) in [5, 5.41) is 0. The SMILES string of the molecule is CSc1ccc([C@@H]([C@@H](C(=O)c2ccco2)[NH+]2CCOCC2)[NH+]2CCOCC2)cc1. The summed E-state index contributed by atoms with van der Waals surface area (Å²) in [6.45, 7) is 6.31. The van der Waals surface area contributed by atoms with Gasteiger partial charge in [0.2, 0.25) is 6.04 Å². The first kappa shape index (κ1) is 20.6. The monoisotopic (exact) mass is 418 g/mol. The van der Waals surface area contributed by atoms with Gasteiger partial charge in [-0.25, -0.2) is 0 Å². The number of carbonyl (C=O) groups is 1. The molecule has 2 fully saturated rings. The van der Waals surface area contributed by atoms with Crippen LogP contribution in [0.1, 0.15) is 22.2 Å². The molecule has 2 N–H and O–H groups in total. The minimum absolute atomic E-state index is 0.0560. The van der Waals surface area contributed by atoms with Crippen LogP contribution >= 0.6 is 11.8 Å². The van der Waals surface area contributed by atoms with Gasteiger partial charge >= 0.3 is 0 Å². The molecule has 4 rings (SSSR count). The Morgan fingerprint density at radius 2 is 1.55 bits per heavy atom. The Balaban J connectivity index is 1.74. The molecule has 2 atom stereocenters. The van der Waals surface area contributed by atoms with E-state index >= 15 is 0 Å². The van der Waals surface area contributed by atoms with Gasteiger partial charge in [0.1, 0.15) is 26.2 Å². The van der Waals surface area contributed by atoms with Gasteiger partial charge in [-0.05, 0) is 30.5 Å². The minimum Gasteiger partial charge on any atom is -0.461 e. The molecule has 6 nitrogen and oxygen atoms in total. The van der Waals surface area contributed by atoms with Crippen molar-refractivity contribution < 1.29 is 28.5 Å². The maximum atomic E-state index is 13.7. The second-order valence-electron chi connectivity index (χ2n) is 7.61. The summed E-state index contributed by atoms with van der Waals surface area (Å²) in [6, 6.07) is 12.1. The third-order valence-corrected chi connectivity index (χ3v) is 6.75. The number of nitrogens with one attached hydrogen (secondary N) is 2. The largest absolute Gasteiger partial charge is 0.461 e. The average Bonchev–Trinajstić information content (AvgIpc) is 3.33. The normalized spacial score (nSPS) is 21.0. The maximum Gasteiger partial charge on any atom is 0.261 e. The van der Waals surface area contributed by atoms with Crippen molar-refractivity contribution in [2.45, 2.75) is 17.0 Å². The van der Waals surface area contributed by atoms with Crippen LogP contribution in [0.25, 0.3) is 0 Å². The van der Waals surface area contributed by atoms with Crippen molar-refractivity contribution in [2.75, 3.05) is 58.9 Å². The van der Waals surface area contributed by atoms with Crippen LogP contribution in [0.2, 0.25) is 0 Å². The summed E-state index contributed by atoms with van der Waals surface area (Å²) in [6.07, 6.45) is 3.67. The van der Waals surface area contributed by atoms with E-state index in [1.807, 2.05) is 0 Å². The fraction of sp³-hybridized carbons (Fsp3) is 0.500. The summed E-state index contributed by atoms with van der Waals surface area (Å²) < 4.78 is 16.8. The van der Waals surface area contributed by atoms with Crippen LogP contribution in [0.5, 0.6) is 0 Å². The lowest BCUT2D eigenvalue weighted by molar-refractivity contribution is -0.999. The molecule has 7 heteroatoms. The number of hydrogen-bond acceptors (Lipinski definition) is 5. The lowest BCUT2D eigenvalue weighted by Crippen LogP contribution is -3.25. The highest BCUT2D eigenvalue weighted by Gasteiger charge is 2.46. The van der Waals surface area contributed by atoms with Gasteiger partial charge in [0.15, 0.2) is 11.8 Å². The predicted molar refractivity (Wildman–Crippen MR) is 111 cm³/mol. The molecule has 0 saturated carbocycles. The quantitative estimate of drug-likeness (QED) is 0.494. The molecule has 29 heavy (non-hydrogen) atoms. The molecule has 0 radical (unpaired) electrons. The van der Waals surface area contributed by atoms with Crippen molar-refractivity contribution in [3.05, 3.63) is 54.0 Å². The lowest BCUT2D eigenvalue weighted by Gasteiger charge is -2.39. The molecular formula is C22H30N2O4S+2. The predicted octanol–water partition coefficient (Wildman–Crippen LogP) is 0.124. The first-order valence-electron chi connectivity index (χ1n) is 10.3. The van der Waals surface area contributed by atoms with Crippen molar-refractivity contribution in [2.24, 2.45) is 0 Å². The number of quaternary nitrogens is 2. The van der Waals surface area contributed by atoms with E-state index in [1.54, 1.807) is 30.2 Å². The third kappa shape index (κ3) is 4.75. The zero-order valence-corrected chi connectivity index (χ0v) is 17.7. The molecule has 2 aliphatic rings. The number of rotatable bonds is 7. The van der Waals surface area contributed by atoms with E-state index < -0.39 is 0 Å². The van der Waals surface area contributed by atoms with Crippen molar-refractivity contribution in [3.8, 4) is 0 Å². The van der Waals surface area contributed by atoms with Crippen molar-refractivity contribution >= 4 is 17.5 Å². The first-order valence-corrected chi connectivity index (χ1v) is 11.6. The Labute approximate surface area is 176 Å². The van der Waals surface area contributed by atoms with E-state index in [0.717, 1.165) is 39.4 Å². The number of ether oxygens (including phenoxy) is 2. The highest BCUT2D eigenvalue weighted by Crippen LogP contribution is 2.21. The van der Waals surface area contributed by atoms with Gasteiger partial charge in [-0.3, -0.25) is 4.79 Å². The Kier molecular flexibility index (Phi) is 7.05. The van der Waals surface area contributed by atoms with Gasteiger partial charge in [-0.2, -0.15) is 0 Å². The first-order chi connectivity index (χ1) is 14.3. The van der Waals surface area contributed by atoms with E-state index in [0.29, 0.717) is 19.0 Å². The number of furan rings is 1. The fourth-order valence-corrected chi connectivity index (χ4v) is 4.92. The third-order valence-electron chi connectivity index (χ3n) is 6.00. The smallest absolute Gasteiger partial charge is 0.261 e. The van der Waals surface area contributed by atoms with Crippen LogP contribution in [-0.2, 0) is 9.47 Å². The zero-order valence-electron chi connectivity index (χ0n) is 16.9. The van der Waals surface area contributed by atoms with Gasteiger partial charge in [-0.1, -0.05) is 12.1 Å². The molecule has 3 heterocycles. The Bertz CT molecular complexity index is 769. The molecule has 1 aromatic heterocycles. The topological polar surface area (TPSA) is 57.5 Å². The molecule has 156 valence electrons. The average molecular weight is 419 g/mol. The molecule has 2 saturated heterocycles. The standard InChI is InChI=1S/C22H28N2O4S/c1-29-18-6-4-17(5-7-18)20(23-8-13-26-14-9-23)21(24-10-15-27-16-11-24)22(25)19-3-2-12-28-19/h2-7,12,20-21H,8-11,13-16H2,1H3/p+2/t20-,21-/m0/s1. The maximum absolute atomic E-state index is 13.7. The number of benzene rings is 1. The molecule has 0 bridgehead atoms. The summed E-state index contributed by atoms with van der Waals surface area (Å²) >= 11 is 1.74. The number of carbonyl (C=O) groups excluding carboxylic acids is 1. The van der Waals surface area contributed by atoms with Crippen molar-refractivity contribution in [1.29, 1.82) is 0 Å². The fourth-order valence-electron chi connectivity index (χ4n) is 4.51. The number of Topliss-reactive ketones (excluding diaryl/α,β-unsaturated/α-hetero) is 1. The van der Waals surface area contributed by atoms with Crippen molar-refractivity contribution in [3.63, 3.8) is 0 Å². The van der Waals surface area contributed by atoms with Crippen LogP contribution in [0.4, 0.5) is 0 Å². The van der Waals surface area contributed by atoms with Crippen LogP contribution in [0, 0.1) is 0 Å². The van der Waals surface area contributed by atoms with E-state index in [9.17, 15) is 4.79 Å². The molecule has 1 aromatic carbocycles. The number of thioether (sulfide) groups is 1. The molecule has 0 aliphatic carbocycles. The van der Waals surface area contributed by atoms with Gasteiger partial charge in [0, 0.05) is 10.5 Å². The van der Waals surface area contributed by atoms with Gasteiger partial charge in [-0.15, -0.1) is 11.8 Å². The molecule has 0 unspecified atom stereocenters. The summed E-state index contributed by atoms with van der Waals surface area (Å²) in [4.78, 5) is 17.6. The molecule has 2 aliphatic heterocycles. The minimum atomic E-state index is -0.210. The zero-order chi connectivity index (χ0) is 20.1. The Morgan fingerprint density at radius 1 is 0.931 bits per heavy atom. The van der Waals surface area contributed by atoms with E-state index in [4.69, 9.17) is 13.9 Å². The van der Waals surface area contributed by atoms with Crippen LogP contribution < -0.4 is 9.80 Å². The highest BCUT2D eigenvalue weighted by molar-refractivity contribution is 7.98. The summed E-state index contributed by atoms with van der Waals surface area (Å²) in [7, 11) is 0. The number of ketones is 1. The van der Waals surface area contributed by atoms with Gasteiger partial charge in [0.05, 0.1) is 32.7 Å². The molecular weight excluding hydrogens is 388 g/mol. The summed E-state index contributed by atoms with van der Waals surface area (Å²) in [5.74, 6) is 0.539. The van der Waals surface area contributed by atoms with E-state index in [2.05, 4.69) is 30.5 Å². The number of morpholine rings is 2. The van der Waals surface area contributed by atoms with E-state index in [-0.39, 0.29) is 17.9 Å². The molecule has 0 spiro atoms. The number of hydrogen-bond donors (Lipinski definition) is 2. The summed E-state index contributed by atoms with van der Waals surface area (Å²) in [5.41, 5.74) is 1.21. The lowest BCUT2D eigenvalue weighted by atomic mass is 9.91. The Morgan fingerprint density at radius 3 is 2.10 bits per heavy atom. The Hall–Kier alpha value is -1.64. The van der Waals surface area contributed by atoms with E-state index in [1.165, 1.54) is 20.3 Å². The molecule has 0 amide bonds. The van der Waals surface area contributed by atoms with Gasteiger partial charge < -0.3 is 23.7 Å². The van der Waals surface area contributed by atoms with Crippen LogP contribution in [-0.4, -0.2) is 70.7 Å². The second-order valence-corrected chi connectivity index (χ2v) is 8.49. The molecule has 2 aromatic rings. The second kappa shape index (κ2) is 9.91. The van der Waals surface area contributed by atoms with Gasteiger partial charge in [0.25, 0.3) is 5.78 Å². The van der Waals surface area contributed by atoms with Crippen molar-refractivity contribution in [1.82, 2.24) is 0 Å². The van der Waals surface area contributed by atoms with Crippen LogP contribution in [0.3, 0.4) is 0 Å². The van der Waals surface area contributed by atoms with Crippen LogP contribution in [0.15, 0.2) is 52.0 Å².